The number of carbonyl (C=O) groups excluding carboxylic acids is 1. The monoisotopic (exact) mass is 224 g/mol. The van der Waals surface area contributed by atoms with E-state index in [0.717, 1.165) is 32.1 Å². The first-order chi connectivity index (χ1) is 7.55. The highest BCUT2D eigenvalue weighted by atomic mass is 16.8. The first-order valence-electron chi connectivity index (χ1n) is 6.42. The third-order valence-corrected chi connectivity index (χ3v) is 4.27. The van der Waals surface area contributed by atoms with E-state index in [1.165, 1.54) is 0 Å². The lowest BCUT2D eigenvalue weighted by molar-refractivity contribution is -0.160. The van der Waals surface area contributed by atoms with Crippen LogP contribution in [0.4, 0.5) is 0 Å². The number of hydrogen-bond acceptors (Lipinski definition) is 3. The van der Waals surface area contributed by atoms with E-state index in [9.17, 15) is 4.79 Å². The molecular weight excluding hydrogens is 204 g/mol. The predicted molar refractivity (Wildman–Crippen MR) is 58.9 cm³/mol. The molecule has 0 unspecified atom stereocenters. The Balaban J connectivity index is 1.78. The predicted octanol–water partition coefficient (Wildman–Crippen LogP) is 2.29. The fourth-order valence-corrected chi connectivity index (χ4v) is 3.71. The minimum atomic E-state index is -0.420. The van der Waals surface area contributed by atoms with Crippen LogP contribution in [-0.4, -0.2) is 23.8 Å². The number of hydrogen-bond donors (Lipinski definition) is 0. The standard InChI is InChI=1S/C13H20O3/c1-13(2)15-11-7-8-6-9(14)4-3-5-10(8)12(11)16-13/h8,10-12H,3-7H2,1-2H3/t8-,10-,11+,12-/m0/s1. The van der Waals surface area contributed by atoms with Crippen molar-refractivity contribution in [1.82, 2.24) is 0 Å². The molecule has 0 amide bonds. The fraction of sp³-hybridized carbons (Fsp3) is 0.923. The Kier molecular flexibility index (Phi) is 2.37. The van der Waals surface area contributed by atoms with E-state index in [-0.39, 0.29) is 12.2 Å². The van der Waals surface area contributed by atoms with Crippen LogP contribution in [0.3, 0.4) is 0 Å². The van der Waals surface area contributed by atoms with Crippen molar-refractivity contribution in [2.75, 3.05) is 0 Å². The Hall–Kier alpha value is -0.410. The maximum atomic E-state index is 11.6. The van der Waals surface area contributed by atoms with Crippen LogP contribution in [0.25, 0.3) is 0 Å². The average Bonchev–Trinajstić information content (AvgIpc) is 2.53. The van der Waals surface area contributed by atoms with Crippen molar-refractivity contribution in [2.24, 2.45) is 11.8 Å². The van der Waals surface area contributed by atoms with E-state index in [4.69, 9.17) is 9.47 Å². The van der Waals surface area contributed by atoms with Crippen molar-refractivity contribution in [3.63, 3.8) is 0 Å². The van der Waals surface area contributed by atoms with Gasteiger partial charge in [-0.3, -0.25) is 4.79 Å². The minimum Gasteiger partial charge on any atom is -0.345 e. The van der Waals surface area contributed by atoms with Crippen LogP contribution in [0.1, 0.15) is 46.0 Å². The quantitative estimate of drug-likeness (QED) is 0.633. The highest BCUT2D eigenvalue weighted by Crippen LogP contribution is 2.48. The average molecular weight is 224 g/mol. The zero-order valence-corrected chi connectivity index (χ0v) is 10.1. The van der Waals surface area contributed by atoms with Crippen molar-refractivity contribution in [2.45, 2.75) is 63.9 Å². The third kappa shape index (κ3) is 1.70. The number of ketones is 1. The molecule has 1 saturated heterocycles. The van der Waals surface area contributed by atoms with E-state index >= 15 is 0 Å². The first-order valence-corrected chi connectivity index (χ1v) is 6.42. The molecule has 0 spiro atoms. The van der Waals surface area contributed by atoms with Gasteiger partial charge < -0.3 is 9.47 Å². The van der Waals surface area contributed by atoms with Gasteiger partial charge in [0.05, 0.1) is 12.2 Å². The SMILES string of the molecule is CC1(C)O[C@H]2[C@H]3CCCC(=O)C[C@H]3C[C@H]2O1. The maximum Gasteiger partial charge on any atom is 0.163 e. The van der Waals surface area contributed by atoms with Gasteiger partial charge in [-0.1, -0.05) is 0 Å². The second kappa shape index (κ2) is 3.54. The van der Waals surface area contributed by atoms with Crippen LogP contribution in [0.2, 0.25) is 0 Å². The second-order valence-corrected chi connectivity index (χ2v) is 5.93. The Morgan fingerprint density at radius 2 is 2.12 bits per heavy atom. The van der Waals surface area contributed by atoms with E-state index in [1.54, 1.807) is 0 Å². The molecule has 2 aliphatic carbocycles. The summed E-state index contributed by atoms with van der Waals surface area (Å²) in [6.45, 7) is 3.98. The summed E-state index contributed by atoms with van der Waals surface area (Å²) >= 11 is 0. The molecule has 0 bridgehead atoms. The molecule has 2 saturated carbocycles. The van der Waals surface area contributed by atoms with Crippen LogP contribution in [0.5, 0.6) is 0 Å². The summed E-state index contributed by atoms with van der Waals surface area (Å²) in [5, 5.41) is 0. The second-order valence-electron chi connectivity index (χ2n) is 5.93. The van der Waals surface area contributed by atoms with Crippen LogP contribution < -0.4 is 0 Å². The minimum absolute atomic E-state index is 0.232. The molecule has 3 fully saturated rings. The smallest absolute Gasteiger partial charge is 0.163 e. The van der Waals surface area contributed by atoms with Crippen molar-refractivity contribution >= 4 is 5.78 Å². The lowest BCUT2D eigenvalue weighted by Gasteiger charge is -2.24. The molecule has 0 aromatic carbocycles. The lowest BCUT2D eigenvalue weighted by atomic mass is 9.90. The van der Waals surface area contributed by atoms with E-state index in [0.29, 0.717) is 17.6 Å². The molecule has 4 atom stereocenters. The van der Waals surface area contributed by atoms with Crippen molar-refractivity contribution in [3.8, 4) is 0 Å². The molecule has 1 heterocycles. The zero-order chi connectivity index (χ0) is 11.3. The van der Waals surface area contributed by atoms with Gasteiger partial charge in [0.2, 0.25) is 0 Å². The van der Waals surface area contributed by atoms with Crippen molar-refractivity contribution in [3.05, 3.63) is 0 Å². The van der Waals surface area contributed by atoms with Crippen molar-refractivity contribution in [1.29, 1.82) is 0 Å². The molecule has 0 aromatic heterocycles. The lowest BCUT2D eigenvalue weighted by Crippen LogP contribution is -2.27. The highest BCUT2D eigenvalue weighted by Gasteiger charge is 2.53. The summed E-state index contributed by atoms with van der Waals surface area (Å²) in [5.74, 6) is 1.09. The summed E-state index contributed by atoms with van der Waals surface area (Å²) in [6, 6.07) is 0. The Bertz CT molecular complexity index is 310. The van der Waals surface area contributed by atoms with Crippen LogP contribution in [-0.2, 0) is 14.3 Å². The number of fused-ring (bicyclic) bond motifs is 3. The molecule has 3 rings (SSSR count). The fourth-order valence-electron chi connectivity index (χ4n) is 3.71. The van der Waals surface area contributed by atoms with Gasteiger partial charge in [-0.05, 0) is 44.9 Å². The van der Waals surface area contributed by atoms with Gasteiger partial charge in [-0.25, -0.2) is 0 Å². The number of Topliss-reactive ketones (excluding diaryl/α,β-unsaturated/α-hetero) is 1. The maximum absolute atomic E-state index is 11.6. The van der Waals surface area contributed by atoms with Gasteiger partial charge in [0.15, 0.2) is 5.79 Å². The molecule has 3 nitrogen and oxygen atoms in total. The van der Waals surface area contributed by atoms with Crippen LogP contribution in [0.15, 0.2) is 0 Å². The number of ether oxygens (including phenoxy) is 2. The topological polar surface area (TPSA) is 35.5 Å². The summed E-state index contributed by atoms with van der Waals surface area (Å²) in [7, 11) is 0. The van der Waals surface area contributed by atoms with Gasteiger partial charge in [-0.2, -0.15) is 0 Å². The van der Waals surface area contributed by atoms with Crippen LogP contribution >= 0.6 is 0 Å². The molecule has 16 heavy (non-hydrogen) atoms. The number of rotatable bonds is 0. The Labute approximate surface area is 96.5 Å². The van der Waals surface area contributed by atoms with Crippen LogP contribution in [0, 0.1) is 11.8 Å². The normalized spacial score (nSPS) is 46.2. The van der Waals surface area contributed by atoms with Gasteiger partial charge in [0, 0.05) is 12.8 Å². The molecule has 0 N–H and O–H groups in total. The Morgan fingerprint density at radius 1 is 1.31 bits per heavy atom. The van der Waals surface area contributed by atoms with E-state index in [1.807, 2.05) is 13.8 Å². The first kappa shape index (κ1) is 10.7. The summed E-state index contributed by atoms with van der Waals surface area (Å²) < 4.78 is 11.9. The van der Waals surface area contributed by atoms with Gasteiger partial charge >= 0.3 is 0 Å². The molecular formula is C13H20O3. The Morgan fingerprint density at radius 3 is 2.94 bits per heavy atom. The van der Waals surface area contributed by atoms with E-state index < -0.39 is 5.79 Å². The molecule has 3 aliphatic rings. The van der Waals surface area contributed by atoms with Crippen molar-refractivity contribution < 1.29 is 14.3 Å². The number of carbonyl (C=O) groups is 1. The van der Waals surface area contributed by atoms with Gasteiger partial charge in [0.1, 0.15) is 5.78 Å². The van der Waals surface area contributed by atoms with E-state index in [2.05, 4.69) is 0 Å². The third-order valence-electron chi connectivity index (χ3n) is 4.27. The summed E-state index contributed by atoms with van der Waals surface area (Å²) in [4.78, 5) is 11.6. The largest absolute Gasteiger partial charge is 0.345 e. The summed E-state index contributed by atoms with van der Waals surface area (Å²) in [6.07, 6.45) is 5.19. The zero-order valence-electron chi connectivity index (χ0n) is 10.1. The summed E-state index contributed by atoms with van der Waals surface area (Å²) in [5.41, 5.74) is 0. The molecule has 90 valence electrons. The molecule has 0 radical (unpaired) electrons. The molecule has 3 heteroatoms. The van der Waals surface area contributed by atoms with Gasteiger partial charge in [-0.15, -0.1) is 0 Å². The van der Waals surface area contributed by atoms with Gasteiger partial charge in [0.25, 0.3) is 0 Å². The molecule has 1 aliphatic heterocycles. The highest BCUT2D eigenvalue weighted by molar-refractivity contribution is 5.79. The molecule has 0 aromatic rings.